The van der Waals surface area contributed by atoms with Crippen molar-refractivity contribution in [2.75, 3.05) is 0 Å². The lowest BCUT2D eigenvalue weighted by Crippen LogP contribution is -2.44. The van der Waals surface area contributed by atoms with Crippen LogP contribution in [0.4, 0.5) is 13.2 Å². The molecule has 0 bridgehead atoms. The van der Waals surface area contributed by atoms with E-state index in [2.05, 4.69) is 5.16 Å². The van der Waals surface area contributed by atoms with Crippen LogP contribution in [0.5, 0.6) is 0 Å². The van der Waals surface area contributed by atoms with Gasteiger partial charge in [0.1, 0.15) is 23.9 Å². The molecule has 0 amide bonds. The highest BCUT2D eigenvalue weighted by Crippen LogP contribution is 2.42. The molecule has 132 valence electrons. The smallest absolute Gasteiger partial charge is 0.425 e. The number of hydrogen-bond acceptors (Lipinski definition) is 6. The van der Waals surface area contributed by atoms with Gasteiger partial charge in [-0.15, -0.1) is 0 Å². The molecule has 1 atom stereocenters. The average molecular weight is 347 g/mol. The first-order valence-electron chi connectivity index (χ1n) is 6.98. The van der Waals surface area contributed by atoms with Gasteiger partial charge in [0.25, 0.3) is 0 Å². The molecule has 24 heavy (non-hydrogen) atoms. The lowest BCUT2D eigenvalue weighted by molar-refractivity contribution is -0.275. The maximum absolute atomic E-state index is 13.3. The number of aliphatic hydroxyl groups is 1. The van der Waals surface area contributed by atoms with Gasteiger partial charge in [0.2, 0.25) is 5.60 Å². The van der Waals surface area contributed by atoms with E-state index in [-0.39, 0.29) is 12.4 Å². The molecule has 0 aromatic carbocycles. The third-order valence-corrected chi connectivity index (χ3v) is 3.58. The molecule has 9 heteroatoms. The van der Waals surface area contributed by atoms with E-state index >= 15 is 0 Å². The second-order valence-electron chi connectivity index (χ2n) is 5.41. The van der Waals surface area contributed by atoms with Crippen molar-refractivity contribution < 1.29 is 36.7 Å². The van der Waals surface area contributed by atoms with Crippen LogP contribution >= 0.6 is 0 Å². The van der Waals surface area contributed by atoms with Gasteiger partial charge in [-0.1, -0.05) is 5.16 Å². The number of esters is 1. The Morgan fingerprint density at radius 1 is 1.29 bits per heavy atom. The quantitative estimate of drug-likeness (QED) is 0.837. The molecule has 0 aliphatic heterocycles. The van der Waals surface area contributed by atoms with Crippen molar-refractivity contribution in [3.63, 3.8) is 0 Å². The predicted octanol–water partition coefficient (Wildman–Crippen LogP) is 3.08. The van der Waals surface area contributed by atoms with Crippen LogP contribution in [0.1, 0.15) is 35.0 Å². The Balaban J connectivity index is 2.14. The third-order valence-electron chi connectivity index (χ3n) is 3.58. The summed E-state index contributed by atoms with van der Waals surface area (Å²) in [6, 6.07) is 2.24. The van der Waals surface area contributed by atoms with Gasteiger partial charge in [-0.2, -0.15) is 13.2 Å². The molecule has 0 aliphatic carbocycles. The van der Waals surface area contributed by atoms with Gasteiger partial charge in [0.15, 0.2) is 0 Å². The van der Waals surface area contributed by atoms with Gasteiger partial charge in [-0.3, -0.25) is 4.79 Å². The minimum absolute atomic E-state index is 0.178. The van der Waals surface area contributed by atoms with Gasteiger partial charge in [-0.25, -0.2) is 0 Å². The van der Waals surface area contributed by atoms with Crippen LogP contribution in [0.3, 0.4) is 0 Å². The van der Waals surface area contributed by atoms with Crippen molar-refractivity contribution in [2.45, 2.75) is 45.6 Å². The van der Waals surface area contributed by atoms with Crippen LogP contribution < -0.4 is 0 Å². The lowest BCUT2D eigenvalue weighted by atomic mass is 9.96. The molecule has 1 N–H and O–H groups in total. The first-order chi connectivity index (χ1) is 11.0. The Bertz CT molecular complexity index is 714. The number of alkyl halides is 3. The molecule has 0 fully saturated rings. The summed E-state index contributed by atoms with van der Waals surface area (Å²) in [6.45, 7) is 4.32. The second kappa shape index (κ2) is 6.31. The van der Waals surface area contributed by atoms with Crippen molar-refractivity contribution in [3.05, 3.63) is 40.7 Å². The van der Waals surface area contributed by atoms with Crippen LogP contribution in [0, 0.1) is 20.8 Å². The molecule has 0 saturated heterocycles. The molecule has 6 nitrogen and oxygen atoms in total. The SMILES string of the molecule is Cc1ccc([C@@](O)(CC(=O)OCc2c(C)noc2C)C(F)(F)F)o1. The van der Waals surface area contributed by atoms with E-state index in [1.165, 1.54) is 13.0 Å². The third kappa shape index (κ3) is 3.45. The highest BCUT2D eigenvalue weighted by molar-refractivity contribution is 5.71. The van der Waals surface area contributed by atoms with E-state index in [1.54, 1.807) is 13.8 Å². The maximum atomic E-state index is 13.3. The number of nitrogens with zero attached hydrogens (tertiary/aromatic N) is 1. The monoisotopic (exact) mass is 347 g/mol. The zero-order valence-corrected chi connectivity index (χ0v) is 13.2. The van der Waals surface area contributed by atoms with E-state index < -0.39 is 29.9 Å². The summed E-state index contributed by atoms with van der Waals surface area (Å²) in [5, 5.41) is 13.7. The van der Waals surface area contributed by atoms with Crippen LogP contribution in [0.2, 0.25) is 0 Å². The van der Waals surface area contributed by atoms with Crippen molar-refractivity contribution in [3.8, 4) is 0 Å². The molecule has 2 aromatic heterocycles. The first kappa shape index (κ1) is 18.1. The summed E-state index contributed by atoms with van der Waals surface area (Å²) in [5.74, 6) is -1.42. The first-order valence-corrected chi connectivity index (χ1v) is 6.98. The lowest BCUT2D eigenvalue weighted by Gasteiger charge is -2.27. The maximum Gasteiger partial charge on any atom is 0.425 e. The zero-order valence-electron chi connectivity index (χ0n) is 13.2. The summed E-state index contributed by atoms with van der Waals surface area (Å²) in [7, 11) is 0. The molecule has 0 radical (unpaired) electrons. The largest absolute Gasteiger partial charge is 0.463 e. The molecular weight excluding hydrogens is 331 g/mol. The van der Waals surface area contributed by atoms with Crippen molar-refractivity contribution in [1.82, 2.24) is 5.16 Å². The Kier molecular flexibility index (Phi) is 4.75. The van der Waals surface area contributed by atoms with Gasteiger partial charge < -0.3 is 18.8 Å². The summed E-state index contributed by atoms with van der Waals surface area (Å²) >= 11 is 0. The van der Waals surface area contributed by atoms with Gasteiger partial charge >= 0.3 is 12.1 Å². The summed E-state index contributed by atoms with van der Waals surface area (Å²) in [6.07, 6.45) is -6.44. The Morgan fingerprint density at radius 2 is 1.96 bits per heavy atom. The number of furan rings is 1. The fourth-order valence-corrected chi connectivity index (χ4v) is 2.10. The van der Waals surface area contributed by atoms with E-state index in [9.17, 15) is 23.1 Å². The molecule has 0 saturated carbocycles. The number of halogens is 3. The van der Waals surface area contributed by atoms with Crippen LogP contribution in [0.15, 0.2) is 21.1 Å². The fraction of sp³-hybridized carbons (Fsp3) is 0.467. The number of aryl methyl sites for hydroxylation is 3. The van der Waals surface area contributed by atoms with Crippen molar-refractivity contribution in [2.24, 2.45) is 0 Å². The number of hydrogen-bond donors (Lipinski definition) is 1. The summed E-state index contributed by atoms with van der Waals surface area (Å²) in [4.78, 5) is 11.8. The number of ether oxygens (including phenoxy) is 1. The molecule has 2 aromatic rings. The Morgan fingerprint density at radius 3 is 2.42 bits per heavy atom. The van der Waals surface area contributed by atoms with E-state index in [1.807, 2.05) is 0 Å². The standard InChI is InChI=1S/C15H16F3NO5/c1-8-4-5-12(23-8)14(21,15(16,17)18)6-13(20)22-7-11-9(2)19-24-10(11)3/h4-5,21H,6-7H2,1-3H3/t14-/m0/s1. The van der Waals surface area contributed by atoms with Crippen LogP contribution in [-0.4, -0.2) is 22.4 Å². The highest BCUT2D eigenvalue weighted by atomic mass is 19.4. The minimum atomic E-state index is -5.11. The topological polar surface area (TPSA) is 85.7 Å². The average Bonchev–Trinajstić information content (AvgIpc) is 3.03. The molecular formula is C15H16F3NO5. The van der Waals surface area contributed by atoms with E-state index in [0.29, 0.717) is 17.0 Å². The normalized spacial score (nSPS) is 14.5. The number of carbonyl (C=O) groups is 1. The molecule has 0 aliphatic rings. The van der Waals surface area contributed by atoms with Crippen molar-refractivity contribution >= 4 is 5.97 Å². The molecule has 0 unspecified atom stereocenters. The summed E-state index contributed by atoms with van der Waals surface area (Å²) in [5.41, 5.74) is -2.53. The molecule has 0 spiro atoms. The zero-order chi connectivity index (χ0) is 18.1. The second-order valence-corrected chi connectivity index (χ2v) is 5.41. The number of rotatable bonds is 5. The van der Waals surface area contributed by atoms with Crippen molar-refractivity contribution in [1.29, 1.82) is 0 Å². The Labute approximate surface area is 135 Å². The van der Waals surface area contributed by atoms with Crippen LogP contribution in [0.25, 0.3) is 0 Å². The molecule has 2 rings (SSSR count). The highest BCUT2D eigenvalue weighted by Gasteiger charge is 2.58. The van der Waals surface area contributed by atoms with Gasteiger partial charge in [-0.05, 0) is 32.9 Å². The minimum Gasteiger partial charge on any atom is -0.463 e. The summed E-state index contributed by atoms with van der Waals surface area (Å²) < 4.78 is 54.3. The molecule has 2 heterocycles. The van der Waals surface area contributed by atoms with E-state index in [0.717, 1.165) is 6.07 Å². The predicted molar refractivity (Wildman–Crippen MR) is 73.8 cm³/mol. The van der Waals surface area contributed by atoms with E-state index in [4.69, 9.17) is 13.7 Å². The fourth-order valence-electron chi connectivity index (χ4n) is 2.10. The Hall–Kier alpha value is -2.29. The van der Waals surface area contributed by atoms with Gasteiger partial charge in [0.05, 0.1) is 17.7 Å². The number of aromatic nitrogens is 1. The van der Waals surface area contributed by atoms with Gasteiger partial charge in [0, 0.05) is 0 Å². The number of carbonyl (C=O) groups excluding carboxylic acids is 1. The van der Waals surface area contributed by atoms with Crippen LogP contribution in [-0.2, 0) is 21.7 Å².